The van der Waals surface area contributed by atoms with Gasteiger partial charge >= 0.3 is 0 Å². The van der Waals surface area contributed by atoms with Crippen molar-refractivity contribution in [2.45, 2.75) is 12.1 Å². The fraction of sp³-hybridized carbons (Fsp3) is 0.200. The molecule has 0 amide bonds. The number of nitrogens with zero attached hydrogens (tertiary/aromatic N) is 3. The molecule has 0 fully saturated rings. The van der Waals surface area contributed by atoms with Crippen LogP contribution < -0.4 is 5.73 Å². The summed E-state index contributed by atoms with van der Waals surface area (Å²) < 4.78 is 0. The predicted molar refractivity (Wildman–Crippen MR) is 60.3 cm³/mol. The summed E-state index contributed by atoms with van der Waals surface area (Å²) in [5, 5.41) is 9.22. The first-order valence-corrected chi connectivity index (χ1v) is 5.43. The van der Waals surface area contributed by atoms with E-state index in [0.29, 0.717) is 5.16 Å². The minimum absolute atomic E-state index is 0.00318. The second kappa shape index (κ2) is 5.88. The highest BCUT2D eigenvalue weighted by atomic mass is 32.2. The molecule has 0 aliphatic carbocycles. The highest BCUT2D eigenvalue weighted by Gasteiger charge is 2.12. The molecule has 0 spiro atoms. The Kier molecular flexibility index (Phi) is 4.48. The Bertz CT molecular complexity index is 446. The summed E-state index contributed by atoms with van der Waals surface area (Å²) in [5.41, 5.74) is 5.65. The molecular formula is C10H10N4OS. The van der Waals surface area contributed by atoms with Gasteiger partial charge in [0.05, 0.1) is 5.75 Å². The first-order chi connectivity index (χ1) is 7.65. The summed E-state index contributed by atoms with van der Waals surface area (Å²) in [6, 6.07) is 3.48. The molecule has 0 atom stereocenters. The molecule has 0 saturated heterocycles. The molecule has 1 aromatic rings. The van der Waals surface area contributed by atoms with Crippen LogP contribution in [0.1, 0.15) is 6.92 Å². The van der Waals surface area contributed by atoms with Crippen molar-refractivity contribution in [1.29, 1.82) is 5.26 Å². The van der Waals surface area contributed by atoms with Gasteiger partial charge in [0.1, 0.15) is 11.6 Å². The summed E-state index contributed by atoms with van der Waals surface area (Å²) in [5.74, 6) is -0.193. The molecule has 82 valence electrons. The summed E-state index contributed by atoms with van der Waals surface area (Å²) in [6.45, 7) is 1.53. The smallest absolute Gasteiger partial charge is 0.187 e. The summed E-state index contributed by atoms with van der Waals surface area (Å²) in [6.07, 6.45) is 3.18. The normalized spacial score (nSPS) is 11.5. The van der Waals surface area contributed by atoms with E-state index >= 15 is 0 Å². The first kappa shape index (κ1) is 12.2. The number of Topliss-reactive ketones (excluding diaryl/α,β-unsaturated/α-hetero) is 1. The number of rotatable bonds is 4. The topological polar surface area (TPSA) is 92.7 Å². The van der Waals surface area contributed by atoms with Crippen LogP contribution in [0.3, 0.4) is 0 Å². The molecule has 0 bridgehead atoms. The van der Waals surface area contributed by atoms with Gasteiger partial charge in [0.15, 0.2) is 10.9 Å². The van der Waals surface area contributed by atoms with Gasteiger partial charge in [0, 0.05) is 18.1 Å². The van der Waals surface area contributed by atoms with Crippen LogP contribution in [0.15, 0.2) is 34.9 Å². The zero-order chi connectivity index (χ0) is 12.0. The molecule has 0 aromatic carbocycles. The Labute approximate surface area is 97.4 Å². The molecule has 0 aliphatic rings. The fourth-order valence-electron chi connectivity index (χ4n) is 0.933. The first-order valence-electron chi connectivity index (χ1n) is 4.44. The van der Waals surface area contributed by atoms with Crippen LogP contribution in [0, 0.1) is 11.3 Å². The number of nitriles is 1. The predicted octanol–water partition coefficient (Wildman–Crippen LogP) is 0.894. The van der Waals surface area contributed by atoms with Gasteiger partial charge in [0.25, 0.3) is 0 Å². The van der Waals surface area contributed by atoms with Crippen LogP contribution >= 0.6 is 11.8 Å². The number of aromatic nitrogens is 2. The summed E-state index contributed by atoms with van der Waals surface area (Å²) >= 11 is 1.18. The van der Waals surface area contributed by atoms with Gasteiger partial charge in [-0.05, 0) is 13.0 Å². The summed E-state index contributed by atoms with van der Waals surface area (Å²) in [4.78, 5) is 19.5. The molecule has 5 nitrogen and oxygen atoms in total. The molecule has 6 heteroatoms. The van der Waals surface area contributed by atoms with Gasteiger partial charge in [-0.3, -0.25) is 4.79 Å². The summed E-state index contributed by atoms with van der Waals surface area (Å²) in [7, 11) is 0. The number of carbonyl (C=O) groups is 1. The van der Waals surface area contributed by atoms with E-state index in [1.54, 1.807) is 24.5 Å². The van der Waals surface area contributed by atoms with Gasteiger partial charge in [-0.1, -0.05) is 11.8 Å². The number of nitrogens with two attached hydrogens (primary N) is 1. The van der Waals surface area contributed by atoms with Crippen molar-refractivity contribution in [3.05, 3.63) is 29.7 Å². The lowest BCUT2D eigenvalue weighted by Crippen LogP contribution is -2.10. The van der Waals surface area contributed by atoms with Gasteiger partial charge in [-0.25, -0.2) is 9.97 Å². The zero-order valence-corrected chi connectivity index (χ0v) is 9.49. The van der Waals surface area contributed by atoms with E-state index in [0.717, 1.165) is 0 Å². The van der Waals surface area contributed by atoms with E-state index in [-0.39, 0.29) is 22.8 Å². The van der Waals surface area contributed by atoms with E-state index in [2.05, 4.69) is 9.97 Å². The number of allylic oxidation sites excluding steroid dienone is 2. The lowest BCUT2D eigenvalue weighted by atomic mass is 10.2. The average molecular weight is 234 g/mol. The number of hydrogen-bond acceptors (Lipinski definition) is 6. The highest BCUT2D eigenvalue weighted by molar-refractivity contribution is 7.99. The lowest BCUT2D eigenvalue weighted by Gasteiger charge is -1.99. The molecule has 16 heavy (non-hydrogen) atoms. The Morgan fingerprint density at radius 3 is 2.69 bits per heavy atom. The monoisotopic (exact) mass is 234 g/mol. The SMILES string of the molecule is C/C(N)=C(/C#N)C(=O)CSc1ncccn1. The van der Waals surface area contributed by atoms with Gasteiger partial charge < -0.3 is 5.73 Å². The van der Waals surface area contributed by atoms with Crippen LogP contribution in [0.2, 0.25) is 0 Å². The molecule has 0 unspecified atom stereocenters. The molecular weight excluding hydrogens is 224 g/mol. The third-order valence-electron chi connectivity index (χ3n) is 1.66. The molecule has 1 rings (SSSR count). The number of hydrogen-bond donors (Lipinski definition) is 1. The molecule has 1 heterocycles. The Morgan fingerprint density at radius 2 is 2.19 bits per heavy atom. The van der Waals surface area contributed by atoms with Crippen molar-refractivity contribution in [2.24, 2.45) is 5.73 Å². The maximum atomic E-state index is 11.6. The van der Waals surface area contributed by atoms with Crippen molar-refractivity contribution >= 4 is 17.5 Å². The van der Waals surface area contributed by atoms with Gasteiger partial charge in [-0.15, -0.1) is 0 Å². The van der Waals surface area contributed by atoms with Crippen LogP contribution in [-0.2, 0) is 4.79 Å². The van der Waals surface area contributed by atoms with E-state index in [9.17, 15) is 4.79 Å². The van der Waals surface area contributed by atoms with Crippen molar-refractivity contribution < 1.29 is 4.79 Å². The molecule has 0 aliphatic heterocycles. The lowest BCUT2D eigenvalue weighted by molar-refractivity contribution is -0.112. The van der Waals surface area contributed by atoms with E-state index in [4.69, 9.17) is 11.0 Å². The molecule has 1 aromatic heterocycles. The maximum absolute atomic E-state index is 11.6. The quantitative estimate of drug-likeness (QED) is 0.360. The third kappa shape index (κ3) is 3.37. The fourth-order valence-corrected chi connectivity index (χ4v) is 1.61. The Balaban J connectivity index is 2.61. The van der Waals surface area contributed by atoms with Gasteiger partial charge in [0.2, 0.25) is 0 Å². The van der Waals surface area contributed by atoms with Crippen LogP contribution in [-0.4, -0.2) is 21.5 Å². The maximum Gasteiger partial charge on any atom is 0.187 e. The average Bonchev–Trinajstić information content (AvgIpc) is 2.28. The second-order valence-corrected chi connectivity index (χ2v) is 3.86. The minimum Gasteiger partial charge on any atom is -0.401 e. The Morgan fingerprint density at radius 1 is 1.56 bits per heavy atom. The number of carbonyl (C=O) groups excluding carboxylic acids is 1. The van der Waals surface area contributed by atoms with Crippen LogP contribution in [0.4, 0.5) is 0 Å². The van der Waals surface area contributed by atoms with E-state index < -0.39 is 0 Å². The molecule has 0 saturated carbocycles. The third-order valence-corrected chi connectivity index (χ3v) is 2.53. The van der Waals surface area contributed by atoms with Crippen LogP contribution in [0.25, 0.3) is 0 Å². The standard InChI is InChI=1S/C10H10N4OS/c1-7(12)8(5-11)9(15)6-16-10-13-3-2-4-14-10/h2-4H,6,12H2,1H3/b8-7+. The zero-order valence-electron chi connectivity index (χ0n) is 8.67. The second-order valence-electron chi connectivity index (χ2n) is 2.91. The van der Waals surface area contributed by atoms with Crippen LogP contribution in [0.5, 0.6) is 0 Å². The van der Waals surface area contributed by atoms with E-state index in [1.807, 2.05) is 0 Å². The van der Waals surface area contributed by atoms with Gasteiger partial charge in [-0.2, -0.15) is 5.26 Å². The van der Waals surface area contributed by atoms with Crippen molar-refractivity contribution in [3.63, 3.8) is 0 Å². The van der Waals surface area contributed by atoms with Crippen molar-refractivity contribution in [3.8, 4) is 6.07 Å². The Hall–Kier alpha value is -1.87. The number of ketones is 1. The number of thioether (sulfide) groups is 1. The van der Waals surface area contributed by atoms with Crippen molar-refractivity contribution in [2.75, 3.05) is 5.75 Å². The highest BCUT2D eigenvalue weighted by Crippen LogP contribution is 2.13. The van der Waals surface area contributed by atoms with Crippen molar-refractivity contribution in [1.82, 2.24) is 9.97 Å². The largest absolute Gasteiger partial charge is 0.401 e. The molecule has 0 radical (unpaired) electrons. The minimum atomic E-state index is -0.306. The molecule has 2 N–H and O–H groups in total. The van der Waals surface area contributed by atoms with E-state index in [1.165, 1.54) is 18.7 Å².